The number of anilines is 1. The van der Waals surface area contributed by atoms with Crippen LogP contribution in [0.2, 0.25) is 0 Å². The summed E-state index contributed by atoms with van der Waals surface area (Å²) in [6.45, 7) is 1.44. The zero-order chi connectivity index (χ0) is 13.7. The summed E-state index contributed by atoms with van der Waals surface area (Å²) in [5.74, 6) is 2.81. The number of nitrogens with zero attached hydrogens (tertiary/aromatic N) is 1. The summed E-state index contributed by atoms with van der Waals surface area (Å²) in [5, 5.41) is 0. The lowest BCUT2D eigenvalue weighted by atomic mass is 9.98. The molecule has 1 aliphatic heterocycles. The van der Waals surface area contributed by atoms with Gasteiger partial charge in [-0.3, -0.25) is 4.79 Å². The molecular formula is C16H20N2O. The molecule has 0 spiro atoms. The van der Waals surface area contributed by atoms with Crippen LogP contribution in [0.3, 0.4) is 0 Å². The van der Waals surface area contributed by atoms with E-state index in [4.69, 9.17) is 12.2 Å². The van der Waals surface area contributed by atoms with Crippen LogP contribution < -0.4 is 5.73 Å². The fourth-order valence-corrected chi connectivity index (χ4v) is 2.48. The Kier molecular flexibility index (Phi) is 4.46. The molecule has 1 aromatic carbocycles. The minimum atomic E-state index is 0.214. The number of benzene rings is 1. The van der Waals surface area contributed by atoms with E-state index in [9.17, 15) is 4.79 Å². The second-order valence-electron chi connectivity index (χ2n) is 4.96. The summed E-state index contributed by atoms with van der Waals surface area (Å²) in [7, 11) is 0. The molecule has 1 amide bonds. The minimum absolute atomic E-state index is 0.214. The highest BCUT2D eigenvalue weighted by molar-refractivity contribution is 5.76. The highest BCUT2D eigenvalue weighted by atomic mass is 16.2. The van der Waals surface area contributed by atoms with Crippen molar-refractivity contribution in [1.29, 1.82) is 0 Å². The van der Waals surface area contributed by atoms with E-state index in [0.29, 0.717) is 13.0 Å². The van der Waals surface area contributed by atoms with Gasteiger partial charge in [0.25, 0.3) is 0 Å². The molecule has 1 aromatic rings. The van der Waals surface area contributed by atoms with Crippen LogP contribution in [-0.4, -0.2) is 17.4 Å². The normalized spacial score (nSPS) is 13.7. The van der Waals surface area contributed by atoms with Gasteiger partial charge in [-0.1, -0.05) is 12.1 Å². The number of terminal acetylenes is 1. The van der Waals surface area contributed by atoms with E-state index >= 15 is 0 Å². The number of hydrogen-bond acceptors (Lipinski definition) is 2. The number of amides is 1. The molecule has 100 valence electrons. The third-order valence-corrected chi connectivity index (χ3v) is 3.62. The van der Waals surface area contributed by atoms with Gasteiger partial charge in [-0.2, -0.15) is 0 Å². The van der Waals surface area contributed by atoms with E-state index in [-0.39, 0.29) is 5.91 Å². The average Bonchev–Trinajstić information content (AvgIpc) is 2.43. The smallest absolute Gasteiger partial charge is 0.222 e. The van der Waals surface area contributed by atoms with Gasteiger partial charge in [0.05, 0.1) is 0 Å². The third-order valence-electron chi connectivity index (χ3n) is 3.62. The van der Waals surface area contributed by atoms with Crippen molar-refractivity contribution in [2.75, 3.05) is 12.3 Å². The van der Waals surface area contributed by atoms with Crippen molar-refractivity contribution < 1.29 is 4.79 Å². The van der Waals surface area contributed by atoms with E-state index < -0.39 is 0 Å². The maximum absolute atomic E-state index is 12.1. The van der Waals surface area contributed by atoms with Crippen LogP contribution in [0.4, 0.5) is 5.69 Å². The van der Waals surface area contributed by atoms with Gasteiger partial charge in [0.15, 0.2) is 0 Å². The van der Waals surface area contributed by atoms with Crippen LogP contribution in [0.15, 0.2) is 18.2 Å². The molecule has 3 nitrogen and oxygen atoms in total. The Labute approximate surface area is 114 Å². The maximum atomic E-state index is 12.1. The van der Waals surface area contributed by atoms with E-state index in [1.807, 2.05) is 17.0 Å². The first kappa shape index (κ1) is 13.5. The standard InChI is InChI=1S/C16H20N2O/c1-2-3-4-5-9-16(19)18-11-10-13-7-6-8-15(17)14(13)12-18/h1,6-8H,3-5,9-12,17H2. The minimum Gasteiger partial charge on any atom is -0.398 e. The fraction of sp³-hybridized carbons (Fsp3) is 0.438. The zero-order valence-electron chi connectivity index (χ0n) is 11.2. The van der Waals surface area contributed by atoms with Crippen LogP contribution in [-0.2, 0) is 17.8 Å². The van der Waals surface area contributed by atoms with Gasteiger partial charge in [0, 0.05) is 31.6 Å². The monoisotopic (exact) mass is 256 g/mol. The van der Waals surface area contributed by atoms with Crippen molar-refractivity contribution in [3.8, 4) is 12.3 Å². The topological polar surface area (TPSA) is 46.3 Å². The number of nitrogens with two attached hydrogens (primary N) is 1. The Hall–Kier alpha value is -1.95. The second kappa shape index (κ2) is 6.29. The molecule has 2 N–H and O–H groups in total. The van der Waals surface area contributed by atoms with Gasteiger partial charge in [-0.25, -0.2) is 0 Å². The average molecular weight is 256 g/mol. The molecule has 1 heterocycles. The van der Waals surface area contributed by atoms with Gasteiger partial charge < -0.3 is 10.6 Å². The number of carbonyl (C=O) groups excluding carboxylic acids is 1. The van der Waals surface area contributed by atoms with Crippen LogP contribution in [0.5, 0.6) is 0 Å². The van der Waals surface area contributed by atoms with Gasteiger partial charge >= 0.3 is 0 Å². The zero-order valence-corrected chi connectivity index (χ0v) is 11.2. The Morgan fingerprint density at radius 1 is 1.42 bits per heavy atom. The van der Waals surface area contributed by atoms with Gasteiger partial charge in [0.1, 0.15) is 0 Å². The molecule has 0 saturated heterocycles. The van der Waals surface area contributed by atoms with Crippen molar-refractivity contribution in [1.82, 2.24) is 4.90 Å². The second-order valence-corrected chi connectivity index (χ2v) is 4.96. The largest absolute Gasteiger partial charge is 0.398 e. The van der Waals surface area contributed by atoms with Gasteiger partial charge in [-0.15, -0.1) is 12.3 Å². The first-order chi connectivity index (χ1) is 9.22. The SMILES string of the molecule is C#CCCCCC(=O)N1CCc2cccc(N)c2C1. The van der Waals surface area contributed by atoms with E-state index in [1.165, 1.54) is 5.56 Å². The van der Waals surface area contributed by atoms with Crippen molar-refractivity contribution in [3.63, 3.8) is 0 Å². The molecular weight excluding hydrogens is 236 g/mol. The predicted octanol–water partition coefficient (Wildman–Crippen LogP) is 2.35. The highest BCUT2D eigenvalue weighted by Crippen LogP contribution is 2.24. The predicted molar refractivity (Wildman–Crippen MR) is 77.3 cm³/mol. The van der Waals surface area contributed by atoms with Crippen molar-refractivity contribution in [2.24, 2.45) is 0 Å². The lowest BCUT2D eigenvalue weighted by Crippen LogP contribution is -2.36. The molecule has 0 bridgehead atoms. The molecule has 3 heteroatoms. The molecule has 19 heavy (non-hydrogen) atoms. The summed E-state index contributed by atoms with van der Waals surface area (Å²) in [6, 6.07) is 5.98. The number of unbranched alkanes of at least 4 members (excludes halogenated alkanes) is 2. The van der Waals surface area contributed by atoms with Gasteiger partial charge in [0.2, 0.25) is 5.91 Å². The van der Waals surface area contributed by atoms with E-state index in [1.54, 1.807) is 0 Å². The molecule has 0 atom stereocenters. The summed E-state index contributed by atoms with van der Waals surface area (Å²) >= 11 is 0. The lowest BCUT2D eigenvalue weighted by Gasteiger charge is -2.29. The Morgan fingerprint density at radius 3 is 3.05 bits per heavy atom. The maximum Gasteiger partial charge on any atom is 0.222 e. The number of rotatable bonds is 4. The summed E-state index contributed by atoms with van der Waals surface area (Å²) in [4.78, 5) is 14.0. The van der Waals surface area contributed by atoms with Crippen LogP contribution >= 0.6 is 0 Å². The number of nitrogen functional groups attached to an aromatic ring is 1. The van der Waals surface area contributed by atoms with Gasteiger partial charge in [-0.05, 0) is 36.5 Å². The quantitative estimate of drug-likeness (QED) is 0.510. The molecule has 0 aromatic heterocycles. The van der Waals surface area contributed by atoms with Crippen LogP contribution in [0, 0.1) is 12.3 Å². The van der Waals surface area contributed by atoms with Crippen molar-refractivity contribution in [3.05, 3.63) is 29.3 Å². The lowest BCUT2D eigenvalue weighted by molar-refractivity contribution is -0.132. The van der Waals surface area contributed by atoms with E-state index in [2.05, 4.69) is 12.0 Å². The first-order valence-electron chi connectivity index (χ1n) is 6.80. The molecule has 0 aliphatic carbocycles. The van der Waals surface area contributed by atoms with Crippen LogP contribution in [0.1, 0.15) is 36.8 Å². The highest BCUT2D eigenvalue weighted by Gasteiger charge is 2.21. The molecule has 2 rings (SSSR count). The van der Waals surface area contributed by atoms with Crippen molar-refractivity contribution in [2.45, 2.75) is 38.6 Å². The summed E-state index contributed by atoms with van der Waals surface area (Å²) < 4.78 is 0. The molecule has 0 saturated carbocycles. The number of carbonyl (C=O) groups is 1. The molecule has 0 fully saturated rings. The third kappa shape index (κ3) is 3.29. The van der Waals surface area contributed by atoms with Crippen LogP contribution in [0.25, 0.3) is 0 Å². The fourth-order valence-electron chi connectivity index (χ4n) is 2.48. The molecule has 0 unspecified atom stereocenters. The molecule has 1 aliphatic rings. The summed E-state index contributed by atoms with van der Waals surface area (Å²) in [6.07, 6.45) is 9.24. The molecule has 0 radical (unpaired) electrons. The first-order valence-corrected chi connectivity index (χ1v) is 6.80. The van der Waals surface area contributed by atoms with Crippen molar-refractivity contribution >= 4 is 11.6 Å². The Balaban J connectivity index is 1.92. The summed E-state index contributed by atoms with van der Waals surface area (Å²) in [5.41, 5.74) is 9.17. The van der Waals surface area contributed by atoms with E-state index in [0.717, 1.165) is 43.5 Å². The Bertz CT molecular complexity index is 502. The Morgan fingerprint density at radius 2 is 2.26 bits per heavy atom. The number of hydrogen-bond donors (Lipinski definition) is 1. The number of fused-ring (bicyclic) bond motifs is 1.